The van der Waals surface area contributed by atoms with Crippen LogP contribution in [0.4, 0.5) is 0 Å². The number of carbonyl (C=O) groups excluding carboxylic acids is 1. The molecule has 1 N–H and O–H groups in total. The second-order valence-corrected chi connectivity index (χ2v) is 8.89. The van der Waals surface area contributed by atoms with Gasteiger partial charge in [-0.2, -0.15) is 0 Å². The molecule has 7 nitrogen and oxygen atoms in total. The molecular weight excluding hydrogens is 432 g/mol. The number of hydrogen-bond donors (Lipinski definition) is 1. The summed E-state index contributed by atoms with van der Waals surface area (Å²) in [7, 11) is 1.94. The monoisotopic (exact) mass is 472 g/mol. The van der Waals surface area contributed by atoms with Gasteiger partial charge in [0.1, 0.15) is 0 Å². The number of carbonyl (C=O) groups is 2. The molecule has 2 aliphatic rings. The molecule has 1 amide bonds. The van der Waals surface area contributed by atoms with Crippen molar-refractivity contribution in [2.75, 3.05) is 33.5 Å². The number of nitrogens with zero attached hydrogens (tertiary/aromatic N) is 2. The van der Waals surface area contributed by atoms with E-state index in [1.54, 1.807) is 0 Å². The number of likely N-dealkylation sites (tertiary alicyclic amines) is 1. The van der Waals surface area contributed by atoms with Crippen molar-refractivity contribution in [1.82, 2.24) is 9.80 Å². The number of carboxylic acid groups (broad SMARTS) is 1. The van der Waals surface area contributed by atoms with Crippen molar-refractivity contribution >= 4 is 12.4 Å². The van der Waals surface area contributed by atoms with Crippen molar-refractivity contribution in [3.8, 4) is 23.3 Å². The van der Waals surface area contributed by atoms with Crippen molar-refractivity contribution in [3.05, 3.63) is 23.8 Å². The maximum Gasteiger partial charge on any atom is 0.309 e. The van der Waals surface area contributed by atoms with E-state index in [1.165, 1.54) is 0 Å². The zero-order chi connectivity index (χ0) is 24.9. The topological polar surface area (TPSA) is 79.3 Å². The first kappa shape index (κ1) is 27.5. The number of aliphatic carboxylic acids is 1. The molecule has 0 saturated carbocycles. The summed E-state index contributed by atoms with van der Waals surface area (Å²) in [5.74, 6) is 6.23. The van der Waals surface area contributed by atoms with Crippen LogP contribution in [-0.2, 0) is 9.59 Å². The highest BCUT2D eigenvalue weighted by molar-refractivity contribution is 5.74. The normalized spacial score (nSPS) is 20.6. The zero-order valence-corrected chi connectivity index (χ0v) is 21.1. The summed E-state index contributed by atoms with van der Waals surface area (Å²) in [5.41, 5.74) is 0.966. The summed E-state index contributed by atoms with van der Waals surface area (Å²) in [6.45, 7) is 9.10. The standard InChI is InChI=1S/C18H21NO4.C9H19NO/c1-3-4-5-6-14-17(18(20)21)13(10-19(14)2)12-7-8-15-16(9-12)23-11-22-15;1-3-5-7-10(9-11)8-6-4-2/h7-9,13-14,17H,3-4,10-11H2,1-2H3,(H,20,21);9H,3-8H2,1-2H3. The van der Waals surface area contributed by atoms with Gasteiger partial charge in [0.25, 0.3) is 0 Å². The lowest BCUT2D eigenvalue weighted by atomic mass is 9.85. The first-order chi connectivity index (χ1) is 16.5. The lowest BCUT2D eigenvalue weighted by molar-refractivity contribution is -0.142. The minimum Gasteiger partial charge on any atom is -0.481 e. The number of fused-ring (bicyclic) bond motifs is 1. The maximum atomic E-state index is 11.9. The summed E-state index contributed by atoms with van der Waals surface area (Å²) >= 11 is 0. The van der Waals surface area contributed by atoms with E-state index in [4.69, 9.17) is 9.47 Å². The summed E-state index contributed by atoms with van der Waals surface area (Å²) < 4.78 is 10.7. The molecular formula is C27H40N2O5. The van der Waals surface area contributed by atoms with Crippen molar-refractivity contribution in [2.45, 2.75) is 71.3 Å². The molecule has 1 aromatic rings. The van der Waals surface area contributed by atoms with Crippen molar-refractivity contribution in [1.29, 1.82) is 0 Å². The van der Waals surface area contributed by atoms with Gasteiger partial charge in [0.2, 0.25) is 13.2 Å². The number of unbranched alkanes of at least 4 members (excludes halogenated alkanes) is 3. The number of ether oxygens (including phenoxy) is 2. The molecule has 1 aromatic carbocycles. The first-order valence-corrected chi connectivity index (χ1v) is 12.5. The molecule has 3 atom stereocenters. The molecule has 0 bridgehead atoms. The van der Waals surface area contributed by atoms with Crippen LogP contribution in [0.15, 0.2) is 18.2 Å². The van der Waals surface area contributed by atoms with Crippen LogP contribution in [0.25, 0.3) is 0 Å². The summed E-state index contributed by atoms with van der Waals surface area (Å²) in [6, 6.07) is 5.43. The first-order valence-electron chi connectivity index (χ1n) is 12.5. The molecule has 0 spiro atoms. The number of rotatable bonds is 10. The number of likely N-dealkylation sites (N-methyl/N-ethyl adjacent to an activating group) is 1. The van der Waals surface area contributed by atoms with Gasteiger partial charge in [-0.1, -0.05) is 45.6 Å². The Kier molecular flexibility index (Phi) is 11.8. The molecule has 1 fully saturated rings. The van der Waals surface area contributed by atoms with Gasteiger partial charge >= 0.3 is 5.97 Å². The summed E-state index contributed by atoms with van der Waals surface area (Å²) in [6.07, 6.45) is 7.32. The molecule has 188 valence electrons. The third-order valence-electron chi connectivity index (χ3n) is 6.21. The van der Waals surface area contributed by atoms with E-state index in [-0.39, 0.29) is 18.8 Å². The highest BCUT2D eigenvalue weighted by atomic mass is 16.7. The second-order valence-electron chi connectivity index (χ2n) is 8.89. The molecule has 1 saturated heterocycles. The number of carboxylic acids is 1. The summed E-state index contributed by atoms with van der Waals surface area (Å²) in [5, 5.41) is 9.73. The van der Waals surface area contributed by atoms with Gasteiger partial charge in [-0.15, -0.1) is 5.92 Å². The van der Waals surface area contributed by atoms with Gasteiger partial charge in [0.05, 0.1) is 12.0 Å². The highest BCUT2D eigenvalue weighted by Gasteiger charge is 2.44. The third kappa shape index (κ3) is 7.66. The van der Waals surface area contributed by atoms with E-state index in [2.05, 4.69) is 32.6 Å². The fourth-order valence-electron chi connectivity index (χ4n) is 4.24. The second kappa shape index (κ2) is 14.5. The number of hydrogen-bond acceptors (Lipinski definition) is 5. The van der Waals surface area contributed by atoms with Gasteiger partial charge in [0.15, 0.2) is 11.5 Å². The Bertz CT molecular complexity index is 839. The lowest BCUT2D eigenvalue weighted by Crippen LogP contribution is -2.32. The van der Waals surface area contributed by atoms with Crippen molar-refractivity contribution < 1.29 is 24.2 Å². The van der Waals surface area contributed by atoms with Crippen LogP contribution in [0.1, 0.15) is 70.8 Å². The molecule has 7 heteroatoms. The van der Waals surface area contributed by atoms with Gasteiger partial charge in [-0.05, 0) is 44.0 Å². The Morgan fingerprint density at radius 3 is 2.41 bits per heavy atom. The van der Waals surface area contributed by atoms with E-state index < -0.39 is 11.9 Å². The fourth-order valence-corrected chi connectivity index (χ4v) is 4.24. The number of amides is 1. The average Bonchev–Trinajstić information content (AvgIpc) is 3.43. The van der Waals surface area contributed by atoms with Crippen LogP contribution in [0.2, 0.25) is 0 Å². The molecule has 3 rings (SSSR count). The highest BCUT2D eigenvalue weighted by Crippen LogP contribution is 2.41. The molecule has 2 heterocycles. The average molecular weight is 473 g/mol. The SMILES string of the molecule is CCCC#CC1C(C(=O)O)C(c2ccc3c(c2)OCO3)CN1C.CCCCN(C=O)CCCC. The number of benzene rings is 1. The minimum atomic E-state index is -0.798. The predicted molar refractivity (Wildman–Crippen MR) is 133 cm³/mol. The largest absolute Gasteiger partial charge is 0.481 e. The lowest BCUT2D eigenvalue weighted by Gasteiger charge is -2.18. The third-order valence-corrected chi connectivity index (χ3v) is 6.21. The Hall–Kier alpha value is -2.72. The van der Waals surface area contributed by atoms with Crippen LogP contribution in [0.3, 0.4) is 0 Å². The van der Waals surface area contributed by atoms with Gasteiger partial charge in [-0.3, -0.25) is 14.5 Å². The quantitative estimate of drug-likeness (QED) is 0.403. The van der Waals surface area contributed by atoms with Crippen LogP contribution >= 0.6 is 0 Å². The molecule has 2 aliphatic heterocycles. The zero-order valence-electron chi connectivity index (χ0n) is 21.1. The Labute approximate surface area is 204 Å². The minimum absolute atomic E-state index is 0.104. The van der Waals surface area contributed by atoms with E-state index in [1.807, 2.05) is 35.0 Å². The van der Waals surface area contributed by atoms with Crippen molar-refractivity contribution in [3.63, 3.8) is 0 Å². The van der Waals surface area contributed by atoms with E-state index in [0.717, 1.165) is 63.6 Å². The molecule has 0 aliphatic carbocycles. The molecule has 0 radical (unpaired) electrons. The van der Waals surface area contributed by atoms with Crippen molar-refractivity contribution in [2.24, 2.45) is 5.92 Å². The van der Waals surface area contributed by atoms with Gasteiger partial charge in [-0.25, -0.2) is 0 Å². The molecule has 3 unspecified atom stereocenters. The Balaban J connectivity index is 0.000000316. The van der Waals surface area contributed by atoms with E-state index in [0.29, 0.717) is 18.0 Å². The van der Waals surface area contributed by atoms with Crippen LogP contribution in [-0.4, -0.2) is 66.8 Å². The van der Waals surface area contributed by atoms with Crippen LogP contribution in [0, 0.1) is 17.8 Å². The fraction of sp³-hybridized carbons (Fsp3) is 0.630. The Morgan fingerprint density at radius 1 is 1.15 bits per heavy atom. The smallest absolute Gasteiger partial charge is 0.309 e. The predicted octanol–water partition coefficient (Wildman–Crippen LogP) is 4.36. The Morgan fingerprint density at radius 2 is 1.82 bits per heavy atom. The van der Waals surface area contributed by atoms with Crippen LogP contribution in [0.5, 0.6) is 11.5 Å². The van der Waals surface area contributed by atoms with Crippen LogP contribution < -0.4 is 9.47 Å². The van der Waals surface area contributed by atoms with E-state index >= 15 is 0 Å². The van der Waals surface area contributed by atoms with Gasteiger partial charge in [0, 0.05) is 32.0 Å². The summed E-state index contributed by atoms with van der Waals surface area (Å²) in [4.78, 5) is 26.2. The molecule has 0 aromatic heterocycles. The van der Waals surface area contributed by atoms with Gasteiger partial charge < -0.3 is 19.5 Å². The van der Waals surface area contributed by atoms with E-state index in [9.17, 15) is 14.7 Å². The molecule has 34 heavy (non-hydrogen) atoms. The maximum absolute atomic E-state index is 11.9.